The molecule has 0 aliphatic heterocycles. The number of ether oxygens (including phenoxy) is 2. The minimum absolute atomic E-state index is 0.702. The van der Waals surface area contributed by atoms with E-state index in [9.17, 15) is 0 Å². The van der Waals surface area contributed by atoms with Gasteiger partial charge in [0, 0.05) is 13.7 Å². The average Bonchev–Trinajstić information content (AvgIpc) is 2.41. The molecule has 18 heavy (non-hydrogen) atoms. The Bertz CT molecular complexity index is 255. The van der Waals surface area contributed by atoms with Crippen LogP contribution in [0.4, 0.5) is 0 Å². The van der Waals surface area contributed by atoms with Gasteiger partial charge in [0.15, 0.2) is 0 Å². The van der Waals surface area contributed by atoms with E-state index in [1.54, 1.807) is 7.11 Å². The van der Waals surface area contributed by atoms with Crippen LogP contribution in [0.2, 0.25) is 0 Å². The largest absolute Gasteiger partial charge is 0.382 e. The molecule has 1 aromatic carbocycles. The molecule has 0 saturated carbocycles. The third kappa shape index (κ3) is 9.20. The first kappa shape index (κ1) is 17.1. The summed E-state index contributed by atoms with van der Waals surface area (Å²) in [4.78, 5) is 0. The van der Waals surface area contributed by atoms with Crippen molar-refractivity contribution in [2.75, 3.05) is 26.9 Å². The molecule has 0 radical (unpaired) electrons. The highest BCUT2D eigenvalue weighted by Gasteiger charge is 2.01. The van der Waals surface area contributed by atoms with Crippen molar-refractivity contribution in [3.63, 3.8) is 0 Å². The van der Waals surface area contributed by atoms with E-state index in [1.165, 1.54) is 18.4 Å². The summed E-state index contributed by atoms with van der Waals surface area (Å²) in [7, 11) is 1.67. The maximum atomic E-state index is 4.95. The highest BCUT2D eigenvalue weighted by molar-refractivity contribution is 5.18. The van der Waals surface area contributed by atoms with Gasteiger partial charge in [-0.1, -0.05) is 50.6 Å². The van der Waals surface area contributed by atoms with Gasteiger partial charge in [-0.2, -0.15) is 0 Å². The van der Waals surface area contributed by atoms with E-state index in [4.69, 9.17) is 9.47 Å². The van der Waals surface area contributed by atoms with Gasteiger partial charge >= 0.3 is 0 Å². The number of hydrogen-bond donors (Lipinski definition) is 0. The van der Waals surface area contributed by atoms with Crippen molar-refractivity contribution in [1.82, 2.24) is 0 Å². The zero-order valence-corrected chi connectivity index (χ0v) is 12.3. The molecular weight excluding hydrogens is 224 g/mol. The standard InChI is InChI=1S/C11H16.C5H12O2/c1-3-7-10(2)11-8-5-4-6-9-11;1-3-7-5-4-6-2/h4-6,8-10H,3,7H2,1-2H3;3-5H2,1-2H3. The Morgan fingerprint density at radius 3 is 2.22 bits per heavy atom. The molecule has 0 fully saturated rings. The average molecular weight is 252 g/mol. The van der Waals surface area contributed by atoms with E-state index in [1.807, 2.05) is 6.92 Å². The topological polar surface area (TPSA) is 18.5 Å². The SMILES string of the molecule is CCCC(C)c1ccccc1.CCOCCOC. The second-order valence-corrected chi connectivity index (χ2v) is 4.29. The lowest BCUT2D eigenvalue weighted by molar-refractivity contribution is 0.0777. The molecule has 0 aliphatic carbocycles. The van der Waals surface area contributed by atoms with Crippen LogP contribution in [0.1, 0.15) is 45.1 Å². The first-order valence-electron chi connectivity index (χ1n) is 6.87. The number of hydrogen-bond acceptors (Lipinski definition) is 2. The van der Waals surface area contributed by atoms with Crippen LogP contribution >= 0.6 is 0 Å². The molecule has 2 heteroatoms. The van der Waals surface area contributed by atoms with Gasteiger partial charge in [-0.15, -0.1) is 0 Å². The molecule has 104 valence electrons. The smallest absolute Gasteiger partial charge is 0.0700 e. The lowest BCUT2D eigenvalue weighted by Gasteiger charge is -2.08. The van der Waals surface area contributed by atoms with Crippen molar-refractivity contribution >= 4 is 0 Å². The fraction of sp³-hybridized carbons (Fsp3) is 0.625. The quantitative estimate of drug-likeness (QED) is 0.675. The molecule has 1 aromatic rings. The third-order valence-corrected chi connectivity index (χ3v) is 2.73. The van der Waals surface area contributed by atoms with Crippen molar-refractivity contribution in [3.05, 3.63) is 35.9 Å². The Kier molecular flexibility index (Phi) is 12.0. The molecule has 0 N–H and O–H groups in total. The minimum atomic E-state index is 0.702. The normalized spacial score (nSPS) is 11.6. The number of benzene rings is 1. The first-order valence-corrected chi connectivity index (χ1v) is 6.87. The summed E-state index contributed by atoms with van der Waals surface area (Å²) in [6.07, 6.45) is 2.57. The molecule has 1 unspecified atom stereocenters. The van der Waals surface area contributed by atoms with Crippen LogP contribution in [0, 0.1) is 0 Å². The molecule has 2 nitrogen and oxygen atoms in total. The molecule has 0 spiro atoms. The predicted molar refractivity (Wildman–Crippen MR) is 78.1 cm³/mol. The van der Waals surface area contributed by atoms with Gasteiger partial charge in [-0.05, 0) is 24.8 Å². The summed E-state index contributed by atoms with van der Waals surface area (Å²) in [5.74, 6) is 0.723. The van der Waals surface area contributed by atoms with E-state index < -0.39 is 0 Å². The van der Waals surface area contributed by atoms with Gasteiger partial charge in [0.2, 0.25) is 0 Å². The van der Waals surface area contributed by atoms with Gasteiger partial charge < -0.3 is 9.47 Å². The Morgan fingerprint density at radius 1 is 1.06 bits per heavy atom. The predicted octanol–water partition coefficient (Wildman–Crippen LogP) is 4.26. The Hall–Kier alpha value is -0.860. The van der Waals surface area contributed by atoms with Gasteiger partial charge in [-0.25, -0.2) is 0 Å². The molecule has 0 amide bonds. The van der Waals surface area contributed by atoms with Gasteiger partial charge in [0.1, 0.15) is 0 Å². The molecular formula is C16H28O2. The van der Waals surface area contributed by atoms with Crippen LogP contribution in [-0.4, -0.2) is 26.9 Å². The van der Waals surface area contributed by atoms with Crippen LogP contribution in [0.3, 0.4) is 0 Å². The van der Waals surface area contributed by atoms with Gasteiger partial charge in [-0.3, -0.25) is 0 Å². The summed E-state index contributed by atoms with van der Waals surface area (Å²) >= 11 is 0. The van der Waals surface area contributed by atoms with Gasteiger partial charge in [0.05, 0.1) is 13.2 Å². The number of rotatable bonds is 7. The van der Waals surface area contributed by atoms with Crippen molar-refractivity contribution < 1.29 is 9.47 Å². The highest BCUT2D eigenvalue weighted by Crippen LogP contribution is 2.19. The second-order valence-electron chi connectivity index (χ2n) is 4.29. The molecule has 0 aromatic heterocycles. The molecule has 1 rings (SSSR count). The molecule has 1 atom stereocenters. The monoisotopic (exact) mass is 252 g/mol. The summed E-state index contributed by atoms with van der Waals surface area (Å²) < 4.78 is 9.67. The fourth-order valence-electron chi connectivity index (χ4n) is 1.67. The maximum Gasteiger partial charge on any atom is 0.0700 e. The first-order chi connectivity index (χ1) is 8.76. The van der Waals surface area contributed by atoms with Crippen molar-refractivity contribution in [3.8, 4) is 0 Å². The maximum absolute atomic E-state index is 4.95. The van der Waals surface area contributed by atoms with E-state index in [0.717, 1.165) is 12.5 Å². The van der Waals surface area contributed by atoms with Gasteiger partial charge in [0.25, 0.3) is 0 Å². The van der Waals surface area contributed by atoms with Crippen LogP contribution in [-0.2, 0) is 9.47 Å². The van der Waals surface area contributed by atoms with E-state index in [2.05, 4.69) is 44.2 Å². The molecule has 0 aliphatic rings. The van der Waals surface area contributed by atoms with Crippen LogP contribution in [0.15, 0.2) is 30.3 Å². The van der Waals surface area contributed by atoms with E-state index in [0.29, 0.717) is 13.2 Å². The Morgan fingerprint density at radius 2 is 1.72 bits per heavy atom. The Labute approximate surface area is 112 Å². The fourth-order valence-corrected chi connectivity index (χ4v) is 1.67. The summed E-state index contributed by atoms with van der Waals surface area (Å²) in [5, 5.41) is 0. The lowest BCUT2D eigenvalue weighted by Crippen LogP contribution is -2.00. The highest BCUT2D eigenvalue weighted by atomic mass is 16.5. The summed E-state index contributed by atoms with van der Waals surface area (Å²) in [6.45, 7) is 8.69. The lowest BCUT2D eigenvalue weighted by atomic mass is 9.97. The molecule has 0 saturated heterocycles. The van der Waals surface area contributed by atoms with Crippen LogP contribution < -0.4 is 0 Å². The minimum Gasteiger partial charge on any atom is -0.382 e. The third-order valence-electron chi connectivity index (χ3n) is 2.73. The van der Waals surface area contributed by atoms with Crippen molar-refractivity contribution in [2.24, 2.45) is 0 Å². The zero-order valence-electron chi connectivity index (χ0n) is 12.3. The number of methoxy groups -OCH3 is 1. The van der Waals surface area contributed by atoms with Crippen molar-refractivity contribution in [1.29, 1.82) is 0 Å². The van der Waals surface area contributed by atoms with Crippen LogP contribution in [0.5, 0.6) is 0 Å². The Balaban J connectivity index is 0.000000360. The molecule has 0 heterocycles. The second kappa shape index (κ2) is 12.6. The zero-order chi connectivity index (χ0) is 13.6. The summed E-state index contributed by atoms with van der Waals surface area (Å²) in [5.41, 5.74) is 1.47. The molecule has 0 bridgehead atoms. The van der Waals surface area contributed by atoms with Crippen LogP contribution in [0.25, 0.3) is 0 Å². The van der Waals surface area contributed by atoms with E-state index in [-0.39, 0.29) is 0 Å². The van der Waals surface area contributed by atoms with E-state index >= 15 is 0 Å². The van der Waals surface area contributed by atoms with Crippen molar-refractivity contribution in [2.45, 2.75) is 39.5 Å². The summed E-state index contributed by atoms with van der Waals surface area (Å²) in [6, 6.07) is 10.7.